The summed E-state index contributed by atoms with van der Waals surface area (Å²) in [5.74, 6) is -0.760. The topological polar surface area (TPSA) is 67.8 Å². The minimum Gasteiger partial charge on any atom is -0.394 e. The minimum atomic E-state index is -1.24. The molecule has 0 saturated carbocycles. The first-order valence-electron chi connectivity index (χ1n) is 6.38. The summed E-state index contributed by atoms with van der Waals surface area (Å²) < 4.78 is 26.1. The van der Waals surface area contributed by atoms with Gasteiger partial charge in [0, 0.05) is 0 Å². The molecule has 1 heterocycles. The lowest BCUT2D eigenvalue weighted by atomic mass is 10.1. The summed E-state index contributed by atoms with van der Waals surface area (Å²) in [5, 5.41) is 9.36. The first-order chi connectivity index (χ1) is 8.60. The Morgan fingerprint density at radius 2 is 2.05 bits per heavy atom. The molecular formula is C13H25NO4S. The van der Waals surface area contributed by atoms with E-state index in [-0.39, 0.29) is 17.4 Å². The van der Waals surface area contributed by atoms with Crippen LogP contribution in [-0.4, -0.2) is 44.7 Å². The van der Waals surface area contributed by atoms with Crippen LogP contribution >= 0.6 is 0 Å². The molecule has 2 N–H and O–H groups in total. The second-order valence-electron chi connectivity index (χ2n) is 6.08. The van der Waals surface area contributed by atoms with Crippen LogP contribution in [0.25, 0.3) is 0 Å². The third kappa shape index (κ3) is 4.36. The SMILES string of the molecule is C=C[C@H](N[S@@](=O)C(C)(C)C)[C@@H]1OC(C)(C)O[C@H]1CO. The van der Waals surface area contributed by atoms with E-state index in [1.54, 1.807) is 19.9 Å². The molecular weight excluding hydrogens is 266 g/mol. The van der Waals surface area contributed by atoms with Crippen molar-refractivity contribution in [3.63, 3.8) is 0 Å². The van der Waals surface area contributed by atoms with Gasteiger partial charge in [-0.2, -0.15) is 0 Å². The largest absolute Gasteiger partial charge is 0.394 e. The van der Waals surface area contributed by atoms with Gasteiger partial charge in [0.05, 0.1) is 28.4 Å². The summed E-state index contributed by atoms with van der Waals surface area (Å²) in [4.78, 5) is 0. The Kier molecular flexibility index (Phi) is 5.31. The molecule has 0 aromatic carbocycles. The summed E-state index contributed by atoms with van der Waals surface area (Å²) in [6, 6.07) is -0.348. The Morgan fingerprint density at radius 1 is 1.47 bits per heavy atom. The van der Waals surface area contributed by atoms with Crippen LogP contribution in [0.1, 0.15) is 34.6 Å². The van der Waals surface area contributed by atoms with Gasteiger partial charge in [-0.15, -0.1) is 6.58 Å². The lowest BCUT2D eigenvalue weighted by Crippen LogP contribution is -2.48. The van der Waals surface area contributed by atoms with E-state index >= 15 is 0 Å². The van der Waals surface area contributed by atoms with Crippen LogP contribution in [0.2, 0.25) is 0 Å². The van der Waals surface area contributed by atoms with Gasteiger partial charge >= 0.3 is 0 Å². The number of ether oxygens (including phenoxy) is 2. The lowest BCUT2D eigenvalue weighted by Gasteiger charge is -2.27. The molecule has 0 aliphatic carbocycles. The number of hydrogen-bond acceptors (Lipinski definition) is 4. The van der Waals surface area contributed by atoms with E-state index < -0.39 is 29.0 Å². The van der Waals surface area contributed by atoms with E-state index in [0.717, 1.165) is 0 Å². The first kappa shape index (κ1) is 16.8. The van der Waals surface area contributed by atoms with Crippen LogP contribution < -0.4 is 4.72 Å². The highest BCUT2D eigenvalue weighted by Crippen LogP contribution is 2.30. The van der Waals surface area contributed by atoms with E-state index in [9.17, 15) is 9.32 Å². The number of aliphatic hydroxyl groups is 1. The van der Waals surface area contributed by atoms with Crippen LogP contribution in [0.15, 0.2) is 12.7 Å². The highest BCUT2D eigenvalue weighted by molar-refractivity contribution is 7.84. The van der Waals surface area contributed by atoms with Gasteiger partial charge < -0.3 is 14.6 Å². The van der Waals surface area contributed by atoms with Crippen LogP contribution in [0.3, 0.4) is 0 Å². The molecule has 6 heteroatoms. The van der Waals surface area contributed by atoms with E-state index in [4.69, 9.17) is 9.47 Å². The van der Waals surface area contributed by atoms with Crippen molar-refractivity contribution < 1.29 is 18.8 Å². The molecule has 4 atom stereocenters. The van der Waals surface area contributed by atoms with Crippen molar-refractivity contribution in [3.8, 4) is 0 Å². The molecule has 0 bridgehead atoms. The highest BCUT2D eigenvalue weighted by Gasteiger charge is 2.44. The molecule has 1 saturated heterocycles. The fourth-order valence-corrected chi connectivity index (χ4v) is 2.69. The van der Waals surface area contributed by atoms with E-state index in [2.05, 4.69) is 11.3 Å². The number of nitrogens with one attached hydrogen (secondary N) is 1. The van der Waals surface area contributed by atoms with Crippen LogP contribution in [0.5, 0.6) is 0 Å². The van der Waals surface area contributed by atoms with Gasteiger partial charge in [0.15, 0.2) is 5.79 Å². The Bertz CT molecular complexity index is 351. The average molecular weight is 291 g/mol. The molecule has 0 radical (unpaired) electrons. The quantitative estimate of drug-likeness (QED) is 0.745. The second-order valence-corrected chi connectivity index (χ2v) is 8.08. The number of aliphatic hydroxyl groups excluding tert-OH is 1. The third-order valence-electron chi connectivity index (χ3n) is 2.81. The Hall–Kier alpha value is -0.270. The fraction of sp³-hybridized carbons (Fsp3) is 0.846. The molecule has 0 aromatic heterocycles. The minimum absolute atomic E-state index is 0.151. The summed E-state index contributed by atoms with van der Waals surface area (Å²) in [5.41, 5.74) is 0. The van der Waals surface area contributed by atoms with Crippen LogP contribution in [0, 0.1) is 0 Å². The van der Waals surface area contributed by atoms with Crippen molar-refractivity contribution in [1.82, 2.24) is 4.72 Å². The van der Waals surface area contributed by atoms with Gasteiger partial charge in [0.25, 0.3) is 0 Å². The Balaban J connectivity index is 2.80. The average Bonchev–Trinajstić information content (AvgIpc) is 2.59. The Labute approximate surface area is 118 Å². The van der Waals surface area contributed by atoms with Crippen molar-refractivity contribution in [2.45, 2.75) is 63.4 Å². The number of hydrogen-bond donors (Lipinski definition) is 2. The van der Waals surface area contributed by atoms with Crippen molar-refractivity contribution in [2.24, 2.45) is 0 Å². The third-order valence-corrected chi connectivity index (χ3v) is 4.41. The van der Waals surface area contributed by atoms with Crippen LogP contribution in [-0.2, 0) is 20.5 Å². The van der Waals surface area contributed by atoms with E-state index in [0.29, 0.717) is 0 Å². The van der Waals surface area contributed by atoms with Crippen molar-refractivity contribution in [1.29, 1.82) is 0 Å². The highest BCUT2D eigenvalue weighted by atomic mass is 32.2. The van der Waals surface area contributed by atoms with Crippen LogP contribution in [0.4, 0.5) is 0 Å². The molecule has 1 aliphatic rings. The Morgan fingerprint density at radius 3 is 2.47 bits per heavy atom. The molecule has 0 spiro atoms. The van der Waals surface area contributed by atoms with Gasteiger partial charge in [-0.1, -0.05) is 6.08 Å². The number of rotatable bonds is 5. The lowest BCUT2D eigenvalue weighted by molar-refractivity contribution is -0.149. The smallest absolute Gasteiger partial charge is 0.163 e. The zero-order valence-corrected chi connectivity index (χ0v) is 13.1. The maximum Gasteiger partial charge on any atom is 0.163 e. The summed E-state index contributed by atoms with van der Waals surface area (Å²) in [6.45, 7) is 12.8. The summed E-state index contributed by atoms with van der Waals surface area (Å²) in [6.07, 6.45) is 0.771. The molecule has 0 aromatic rings. The predicted octanol–water partition coefficient (Wildman–Crippen LogP) is 1.11. The zero-order valence-electron chi connectivity index (χ0n) is 12.3. The molecule has 0 unspecified atom stereocenters. The molecule has 112 valence electrons. The molecule has 19 heavy (non-hydrogen) atoms. The zero-order chi connectivity index (χ0) is 14.8. The summed E-state index contributed by atoms with van der Waals surface area (Å²) in [7, 11) is -1.24. The monoisotopic (exact) mass is 291 g/mol. The first-order valence-corrected chi connectivity index (χ1v) is 7.53. The summed E-state index contributed by atoms with van der Waals surface area (Å²) >= 11 is 0. The van der Waals surface area contributed by atoms with Gasteiger partial charge in [-0.25, -0.2) is 8.93 Å². The van der Waals surface area contributed by atoms with Gasteiger partial charge in [0.2, 0.25) is 0 Å². The maximum absolute atomic E-state index is 12.1. The van der Waals surface area contributed by atoms with Gasteiger partial charge in [-0.05, 0) is 34.6 Å². The van der Waals surface area contributed by atoms with Crippen molar-refractivity contribution in [3.05, 3.63) is 12.7 Å². The molecule has 1 rings (SSSR count). The van der Waals surface area contributed by atoms with E-state index in [1.807, 2.05) is 20.8 Å². The molecule has 5 nitrogen and oxygen atoms in total. The molecule has 0 amide bonds. The second kappa shape index (κ2) is 6.01. The molecule has 1 aliphatic heterocycles. The van der Waals surface area contributed by atoms with E-state index in [1.165, 1.54) is 0 Å². The molecule has 1 fully saturated rings. The van der Waals surface area contributed by atoms with Crippen molar-refractivity contribution >= 4 is 11.0 Å². The van der Waals surface area contributed by atoms with Crippen molar-refractivity contribution in [2.75, 3.05) is 6.61 Å². The van der Waals surface area contributed by atoms with Gasteiger partial charge in [-0.3, -0.25) is 0 Å². The fourth-order valence-electron chi connectivity index (χ4n) is 1.86. The standard InChI is InChI=1S/C13H25NO4S/c1-7-9(14-19(16)12(2,3)4)11-10(8-15)17-13(5,6)18-11/h7,9-11,14-15H,1,8H2,2-6H3/t9-,10-,11-,19-/m0/s1. The predicted molar refractivity (Wildman–Crippen MR) is 75.9 cm³/mol. The normalized spacial score (nSPS) is 30.0. The van der Waals surface area contributed by atoms with Gasteiger partial charge in [0.1, 0.15) is 12.2 Å². The maximum atomic E-state index is 12.1.